The molecule has 17 heavy (non-hydrogen) atoms. The van der Waals surface area contributed by atoms with Crippen molar-refractivity contribution in [2.24, 2.45) is 5.92 Å². The number of likely N-dealkylation sites (tertiary alicyclic amines) is 1. The van der Waals surface area contributed by atoms with E-state index in [4.69, 9.17) is 0 Å². The van der Waals surface area contributed by atoms with Crippen molar-refractivity contribution in [3.8, 4) is 0 Å². The first-order valence-electron chi connectivity index (χ1n) is 6.23. The molecule has 0 aliphatic carbocycles. The van der Waals surface area contributed by atoms with E-state index in [1.54, 1.807) is 4.90 Å². The van der Waals surface area contributed by atoms with Crippen LogP contribution in [0.2, 0.25) is 0 Å². The van der Waals surface area contributed by atoms with E-state index in [9.17, 15) is 9.90 Å². The summed E-state index contributed by atoms with van der Waals surface area (Å²) in [6, 6.07) is 9.91. The standard InChI is InChI=1S/C14H19NO2/c1-2-12-8-9-15(14(17)13(12)16)10-11-6-4-3-5-7-11/h3-7,12-13,16H,2,8-10H2,1H3. The van der Waals surface area contributed by atoms with Crippen molar-refractivity contribution >= 4 is 5.91 Å². The van der Waals surface area contributed by atoms with Gasteiger partial charge in [-0.25, -0.2) is 0 Å². The highest BCUT2D eigenvalue weighted by molar-refractivity contribution is 5.81. The molecule has 0 spiro atoms. The Balaban J connectivity index is 2.02. The maximum absolute atomic E-state index is 12.0. The minimum atomic E-state index is -0.808. The Morgan fingerprint density at radius 2 is 2.06 bits per heavy atom. The number of piperidine rings is 1. The third-order valence-corrected chi connectivity index (χ3v) is 3.52. The van der Waals surface area contributed by atoms with Gasteiger partial charge in [0.2, 0.25) is 0 Å². The van der Waals surface area contributed by atoms with Crippen LogP contribution in [0.25, 0.3) is 0 Å². The molecular weight excluding hydrogens is 214 g/mol. The molecule has 0 saturated carbocycles. The van der Waals surface area contributed by atoms with E-state index in [2.05, 4.69) is 0 Å². The SMILES string of the molecule is CCC1CCN(Cc2ccccc2)C(=O)C1O. The molecule has 0 bridgehead atoms. The van der Waals surface area contributed by atoms with Gasteiger partial charge in [0.1, 0.15) is 6.10 Å². The third kappa shape index (κ3) is 2.67. The number of hydrogen-bond acceptors (Lipinski definition) is 2. The van der Waals surface area contributed by atoms with Crippen molar-refractivity contribution in [2.75, 3.05) is 6.54 Å². The van der Waals surface area contributed by atoms with Crippen molar-refractivity contribution in [2.45, 2.75) is 32.4 Å². The highest BCUT2D eigenvalue weighted by Crippen LogP contribution is 2.23. The normalized spacial score (nSPS) is 25.1. The van der Waals surface area contributed by atoms with Crippen LogP contribution in [0.1, 0.15) is 25.3 Å². The topological polar surface area (TPSA) is 40.5 Å². The zero-order chi connectivity index (χ0) is 12.3. The second-order valence-electron chi connectivity index (χ2n) is 4.65. The number of hydrogen-bond donors (Lipinski definition) is 1. The van der Waals surface area contributed by atoms with Crippen LogP contribution in [-0.2, 0) is 11.3 Å². The molecule has 0 radical (unpaired) electrons. The Kier molecular flexibility index (Phi) is 3.79. The molecule has 1 N–H and O–H groups in total. The lowest BCUT2D eigenvalue weighted by Gasteiger charge is -2.35. The summed E-state index contributed by atoms with van der Waals surface area (Å²) in [6.45, 7) is 3.38. The van der Waals surface area contributed by atoms with Crippen LogP contribution in [0.3, 0.4) is 0 Å². The van der Waals surface area contributed by atoms with Crippen LogP contribution in [-0.4, -0.2) is 28.6 Å². The number of aliphatic hydroxyl groups excluding tert-OH is 1. The lowest BCUT2D eigenvalue weighted by molar-refractivity contribution is -0.148. The number of carbonyl (C=O) groups is 1. The van der Waals surface area contributed by atoms with Crippen molar-refractivity contribution in [1.29, 1.82) is 0 Å². The molecule has 1 aromatic carbocycles. The Morgan fingerprint density at radius 1 is 1.35 bits per heavy atom. The zero-order valence-corrected chi connectivity index (χ0v) is 10.2. The summed E-state index contributed by atoms with van der Waals surface area (Å²) in [5.74, 6) is 0.0153. The van der Waals surface area contributed by atoms with E-state index < -0.39 is 6.10 Å². The summed E-state index contributed by atoms with van der Waals surface area (Å²) in [5.41, 5.74) is 1.11. The van der Waals surface area contributed by atoms with Gasteiger partial charge in [-0.05, 0) is 17.9 Å². The van der Waals surface area contributed by atoms with Crippen molar-refractivity contribution in [1.82, 2.24) is 4.90 Å². The smallest absolute Gasteiger partial charge is 0.251 e. The predicted molar refractivity (Wildman–Crippen MR) is 66.3 cm³/mol. The van der Waals surface area contributed by atoms with Crippen LogP contribution >= 0.6 is 0 Å². The quantitative estimate of drug-likeness (QED) is 0.865. The van der Waals surface area contributed by atoms with Gasteiger partial charge >= 0.3 is 0 Å². The summed E-state index contributed by atoms with van der Waals surface area (Å²) in [7, 11) is 0. The molecule has 1 fully saturated rings. The number of carbonyl (C=O) groups excluding carboxylic acids is 1. The van der Waals surface area contributed by atoms with Crippen molar-refractivity contribution < 1.29 is 9.90 Å². The van der Waals surface area contributed by atoms with E-state index in [1.165, 1.54) is 0 Å². The Morgan fingerprint density at radius 3 is 2.71 bits per heavy atom. The molecular formula is C14H19NO2. The first-order chi connectivity index (χ1) is 8.22. The van der Waals surface area contributed by atoms with Gasteiger partial charge in [0, 0.05) is 13.1 Å². The molecule has 0 aromatic heterocycles. The molecule has 2 atom stereocenters. The van der Waals surface area contributed by atoms with Gasteiger partial charge in [-0.1, -0.05) is 43.7 Å². The summed E-state index contributed by atoms with van der Waals surface area (Å²) >= 11 is 0. The number of amides is 1. The van der Waals surface area contributed by atoms with E-state index in [1.807, 2.05) is 37.3 Å². The number of rotatable bonds is 3. The van der Waals surface area contributed by atoms with Gasteiger partial charge in [-0.3, -0.25) is 4.79 Å². The van der Waals surface area contributed by atoms with E-state index >= 15 is 0 Å². The van der Waals surface area contributed by atoms with Crippen LogP contribution in [0.4, 0.5) is 0 Å². The third-order valence-electron chi connectivity index (χ3n) is 3.52. The summed E-state index contributed by atoms with van der Waals surface area (Å²) in [6.07, 6.45) is 0.958. The molecule has 3 heteroatoms. The van der Waals surface area contributed by atoms with Gasteiger partial charge in [0.25, 0.3) is 5.91 Å². The number of benzene rings is 1. The van der Waals surface area contributed by atoms with Gasteiger partial charge in [0.05, 0.1) is 0 Å². The summed E-state index contributed by atoms with van der Waals surface area (Å²) in [4.78, 5) is 13.7. The molecule has 1 aliphatic rings. The van der Waals surface area contributed by atoms with E-state index in [-0.39, 0.29) is 11.8 Å². The Hall–Kier alpha value is -1.35. The minimum Gasteiger partial charge on any atom is -0.383 e. The molecule has 1 aromatic rings. The summed E-state index contributed by atoms with van der Waals surface area (Å²) in [5, 5.41) is 9.89. The fourth-order valence-electron chi connectivity index (χ4n) is 2.37. The van der Waals surface area contributed by atoms with Gasteiger partial charge in [-0.15, -0.1) is 0 Å². The first-order valence-corrected chi connectivity index (χ1v) is 6.23. The lowest BCUT2D eigenvalue weighted by Crippen LogP contribution is -2.48. The average Bonchev–Trinajstić information content (AvgIpc) is 2.37. The molecule has 1 saturated heterocycles. The Labute approximate surface area is 102 Å². The molecule has 1 aliphatic heterocycles. The average molecular weight is 233 g/mol. The molecule has 2 unspecified atom stereocenters. The molecule has 2 rings (SSSR count). The number of nitrogens with zero attached hydrogens (tertiary/aromatic N) is 1. The molecule has 1 amide bonds. The second kappa shape index (κ2) is 5.32. The van der Waals surface area contributed by atoms with Crippen LogP contribution in [0, 0.1) is 5.92 Å². The van der Waals surface area contributed by atoms with Gasteiger partial charge in [-0.2, -0.15) is 0 Å². The van der Waals surface area contributed by atoms with E-state index in [0.29, 0.717) is 6.54 Å². The fraction of sp³-hybridized carbons (Fsp3) is 0.500. The second-order valence-corrected chi connectivity index (χ2v) is 4.65. The maximum atomic E-state index is 12.0. The largest absolute Gasteiger partial charge is 0.383 e. The van der Waals surface area contributed by atoms with Crippen molar-refractivity contribution in [3.63, 3.8) is 0 Å². The van der Waals surface area contributed by atoms with Gasteiger partial charge in [0.15, 0.2) is 0 Å². The molecule has 3 nitrogen and oxygen atoms in total. The first kappa shape index (κ1) is 12.1. The highest BCUT2D eigenvalue weighted by Gasteiger charge is 2.33. The van der Waals surface area contributed by atoms with Crippen LogP contribution < -0.4 is 0 Å². The lowest BCUT2D eigenvalue weighted by atomic mass is 9.91. The number of aliphatic hydroxyl groups is 1. The Bertz CT molecular complexity index is 377. The fourth-order valence-corrected chi connectivity index (χ4v) is 2.37. The predicted octanol–water partition coefficient (Wildman–Crippen LogP) is 1.81. The van der Waals surface area contributed by atoms with Crippen molar-refractivity contribution in [3.05, 3.63) is 35.9 Å². The van der Waals surface area contributed by atoms with Gasteiger partial charge < -0.3 is 10.0 Å². The van der Waals surface area contributed by atoms with E-state index in [0.717, 1.165) is 24.9 Å². The monoisotopic (exact) mass is 233 g/mol. The van der Waals surface area contributed by atoms with Crippen LogP contribution in [0.15, 0.2) is 30.3 Å². The zero-order valence-electron chi connectivity index (χ0n) is 10.2. The molecule has 1 heterocycles. The highest BCUT2D eigenvalue weighted by atomic mass is 16.3. The molecule has 92 valence electrons. The maximum Gasteiger partial charge on any atom is 0.251 e. The van der Waals surface area contributed by atoms with Crippen LogP contribution in [0.5, 0.6) is 0 Å². The minimum absolute atomic E-state index is 0.119. The summed E-state index contributed by atoms with van der Waals surface area (Å²) < 4.78 is 0.